The number of hydrogen-bond donors (Lipinski definition) is 1. The third-order valence-corrected chi connectivity index (χ3v) is 4.10. The van der Waals surface area contributed by atoms with E-state index in [-0.39, 0.29) is 0 Å². The quantitative estimate of drug-likeness (QED) is 0.788. The molecule has 4 heteroatoms. The Balaban J connectivity index is 2.07. The second-order valence-corrected chi connectivity index (χ2v) is 5.30. The molecule has 2 rings (SSSR count). The molecule has 0 aromatic carbocycles. The van der Waals surface area contributed by atoms with Gasteiger partial charge in [0.1, 0.15) is 0 Å². The molecule has 14 heavy (non-hydrogen) atoms. The Hall–Kier alpha value is -0.410. The number of nitrogens with one attached hydrogen (secondary N) is 1. The Morgan fingerprint density at radius 3 is 3.14 bits per heavy atom. The van der Waals surface area contributed by atoms with Crippen molar-refractivity contribution in [3.63, 3.8) is 0 Å². The summed E-state index contributed by atoms with van der Waals surface area (Å²) in [4.78, 5) is 4.04. The topological polar surface area (TPSA) is 24.9 Å². The largest absolute Gasteiger partial charge is 0.379 e. The Labute approximate surface area is 93.4 Å². The summed E-state index contributed by atoms with van der Waals surface area (Å²) >= 11 is 7.97. The van der Waals surface area contributed by atoms with Gasteiger partial charge in [-0.05, 0) is 24.3 Å². The van der Waals surface area contributed by atoms with Gasteiger partial charge < -0.3 is 5.32 Å². The molecule has 1 N–H and O–H groups in total. The van der Waals surface area contributed by atoms with E-state index in [0.717, 1.165) is 5.69 Å². The third-order valence-electron chi connectivity index (χ3n) is 2.48. The molecule has 76 valence electrons. The molecule has 0 radical (unpaired) electrons. The molecule has 0 saturated carbocycles. The molecule has 1 saturated heterocycles. The van der Waals surface area contributed by atoms with Crippen LogP contribution >= 0.6 is 23.4 Å². The zero-order valence-electron chi connectivity index (χ0n) is 8.03. The van der Waals surface area contributed by atoms with Gasteiger partial charge in [-0.15, -0.1) is 0 Å². The highest BCUT2D eigenvalue weighted by molar-refractivity contribution is 8.00. The maximum atomic E-state index is 5.97. The van der Waals surface area contributed by atoms with Crippen LogP contribution in [0.2, 0.25) is 5.15 Å². The second kappa shape index (κ2) is 4.41. The van der Waals surface area contributed by atoms with Gasteiger partial charge in [-0.3, -0.25) is 0 Å². The average Bonchev–Trinajstić information content (AvgIpc) is 2.56. The number of nitrogens with zero attached hydrogens (tertiary/aromatic N) is 1. The van der Waals surface area contributed by atoms with Gasteiger partial charge in [0.15, 0.2) is 5.15 Å². The molecule has 0 aliphatic carbocycles. The Bertz CT molecular complexity index is 319. The summed E-state index contributed by atoms with van der Waals surface area (Å²) in [5.74, 6) is 1.23. The van der Waals surface area contributed by atoms with Crippen molar-refractivity contribution in [2.45, 2.75) is 24.6 Å². The molecule has 1 aromatic rings. The smallest absolute Gasteiger partial charge is 0.152 e. The van der Waals surface area contributed by atoms with Crippen molar-refractivity contribution < 1.29 is 0 Å². The van der Waals surface area contributed by atoms with E-state index in [1.165, 1.54) is 12.2 Å². The van der Waals surface area contributed by atoms with Gasteiger partial charge in [0.2, 0.25) is 0 Å². The Morgan fingerprint density at radius 1 is 1.64 bits per heavy atom. The number of anilines is 1. The molecule has 2 heterocycles. The van der Waals surface area contributed by atoms with Gasteiger partial charge >= 0.3 is 0 Å². The summed E-state index contributed by atoms with van der Waals surface area (Å²) in [6.45, 7) is 2.25. The molecule has 2 atom stereocenters. The lowest BCUT2D eigenvalue weighted by molar-refractivity contribution is 0.724. The fourth-order valence-corrected chi connectivity index (χ4v) is 2.99. The third kappa shape index (κ3) is 2.15. The maximum Gasteiger partial charge on any atom is 0.152 e. The predicted octanol–water partition coefficient (Wildman–Crippen LogP) is 3.04. The number of pyridine rings is 1. The molecule has 2 unspecified atom stereocenters. The van der Waals surface area contributed by atoms with E-state index < -0.39 is 0 Å². The highest BCUT2D eigenvalue weighted by atomic mass is 35.5. The molecule has 0 bridgehead atoms. The van der Waals surface area contributed by atoms with Crippen molar-refractivity contribution in [1.82, 2.24) is 4.98 Å². The first kappa shape index (κ1) is 10.1. The van der Waals surface area contributed by atoms with E-state index in [0.29, 0.717) is 16.4 Å². The second-order valence-electron chi connectivity index (χ2n) is 3.46. The molecule has 0 amide bonds. The molecule has 1 fully saturated rings. The zero-order valence-corrected chi connectivity index (χ0v) is 9.61. The summed E-state index contributed by atoms with van der Waals surface area (Å²) in [7, 11) is 0. The van der Waals surface area contributed by atoms with Crippen molar-refractivity contribution in [3.8, 4) is 0 Å². The van der Waals surface area contributed by atoms with Gasteiger partial charge in [0.25, 0.3) is 0 Å². The summed E-state index contributed by atoms with van der Waals surface area (Å²) in [5, 5.41) is 4.67. The van der Waals surface area contributed by atoms with Crippen LogP contribution in [0.25, 0.3) is 0 Å². The minimum atomic E-state index is 0.529. The van der Waals surface area contributed by atoms with Crippen LogP contribution < -0.4 is 5.32 Å². The molecular formula is C10H13ClN2S. The van der Waals surface area contributed by atoms with E-state index in [4.69, 9.17) is 11.6 Å². The fourth-order valence-electron chi connectivity index (χ4n) is 1.61. The van der Waals surface area contributed by atoms with E-state index in [1.54, 1.807) is 6.20 Å². The van der Waals surface area contributed by atoms with Crippen LogP contribution in [-0.2, 0) is 0 Å². The minimum absolute atomic E-state index is 0.529. The molecule has 1 aliphatic heterocycles. The summed E-state index contributed by atoms with van der Waals surface area (Å²) < 4.78 is 0. The van der Waals surface area contributed by atoms with Crippen LogP contribution in [0.4, 0.5) is 5.69 Å². The van der Waals surface area contributed by atoms with Crippen molar-refractivity contribution >= 4 is 29.1 Å². The summed E-state index contributed by atoms with van der Waals surface area (Å²) in [5.41, 5.74) is 0.952. The molecule has 1 aromatic heterocycles. The van der Waals surface area contributed by atoms with Gasteiger partial charge in [-0.25, -0.2) is 4.98 Å². The van der Waals surface area contributed by atoms with Crippen molar-refractivity contribution in [1.29, 1.82) is 0 Å². The van der Waals surface area contributed by atoms with Crippen molar-refractivity contribution in [2.24, 2.45) is 0 Å². The van der Waals surface area contributed by atoms with Crippen LogP contribution in [0.5, 0.6) is 0 Å². The highest BCUT2D eigenvalue weighted by Gasteiger charge is 2.24. The van der Waals surface area contributed by atoms with Crippen molar-refractivity contribution in [2.75, 3.05) is 11.1 Å². The van der Waals surface area contributed by atoms with E-state index in [1.807, 2.05) is 23.9 Å². The SMILES string of the molecule is CC1SCCC1Nc1cccnc1Cl. The first-order valence-corrected chi connectivity index (χ1v) is 6.18. The monoisotopic (exact) mass is 228 g/mol. The number of thioether (sulfide) groups is 1. The molecule has 0 spiro atoms. The molecular weight excluding hydrogens is 216 g/mol. The molecule has 2 nitrogen and oxygen atoms in total. The zero-order chi connectivity index (χ0) is 9.97. The van der Waals surface area contributed by atoms with Gasteiger partial charge in [0, 0.05) is 17.5 Å². The van der Waals surface area contributed by atoms with Crippen LogP contribution in [-0.4, -0.2) is 22.0 Å². The normalized spacial score (nSPS) is 26.4. The van der Waals surface area contributed by atoms with Gasteiger partial charge in [-0.2, -0.15) is 11.8 Å². The predicted molar refractivity (Wildman–Crippen MR) is 63.2 cm³/mol. The highest BCUT2D eigenvalue weighted by Crippen LogP contribution is 2.30. The van der Waals surface area contributed by atoms with Crippen LogP contribution in [0, 0.1) is 0 Å². The summed E-state index contributed by atoms with van der Waals surface area (Å²) in [6.07, 6.45) is 2.91. The summed E-state index contributed by atoms with van der Waals surface area (Å²) in [6, 6.07) is 4.41. The fraction of sp³-hybridized carbons (Fsp3) is 0.500. The minimum Gasteiger partial charge on any atom is -0.379 e. The maximum absolute atomic E-state index is 5.97. The standard InChI is InChI=1S/C10H13ClN2S/c1-7-8(4-6-14-7)13-9-3-2-5-12-10(9)11/h2-3,5,7-8,13H,4,6H2,1H3. The first-order chi connectivity index (χ1) is 6.77. The van der Waals surface area contributed by atoms with Crippen LogP contribution in [0.3, 0.4) is 0 Å². The van der Waals surface area contributed by atoms with Crippen LogP contribution in [0.1, 0.15) is 13.3 Å². The Kier molecular flexibility index (Phi) is 3.19. The van der Waals surface area contributed by atoms with E-state index in [2.05, 4.69) is 17.2 Å². The number of rotatable bonds is 2. The van der Waals surface area contributed by atoms with Crippen molar-refractivity contribution in [3.05, 3.63) is 23.5 Å². The lowest BCUT2D eigenvalue weighted by atomic mass is 10.1. The van der Waals surface area contributed by atoms with Crippen LogP contribution in [0.15, 0.2) is 18.3 Å². The number of aromatic nitrogens is 1. The molecule has 1 aliphatic rings. The van der Waals surface area contributed by atoms with Gasteiger partial charge in [0.05, 0.1) is 5.69 Å². The number of hydrogen-bond acceptors (Lipinski definition) is 3. The lowest BCUT2D eigenvalue weighted by Gasteiger charge is -2.18. The van der Waals surface area contributed by atoms with E-state index in [9.17, 15) is 0 Å². The lowest BCUT2D eigenvalue weighted by Crippen LogP contribution is -2.24. The Morgan fingerprint density at radius 2 is 2.50 bits per heavy atom. The van der Waals surface area contributed by atoms with E-state index >= 15 is 0 Å². The first-order valence-electron chi connectivity index (χ1n) is 4.76. The van der Waals surface area contributed by atoms with Gasteiger partial charge in [-0.1, -0.05) is 18.5 Å². The number of halogens is 1. The average molecular weight is 229 g/mol.